The van der Waals surface area contributed by atoms with Gasteiger partial charge in [-0.05, 0) is 103 Å². The van der Waals surface area contributed by atoms with Gasteiger partial charge >= 0.3 is 11.9 Å². The minimum Gasteiger partial charge on any atom is -0.481 e. The molecule has 9 rings (SSSR count). The summed E-state index contributed by atoms with van der Waals surface area (Å²) < 4.78 is 42.7. The van der Waals surface area contributed by atoms with Gasteiger partial charge in [0.25, 0.3) is 0 Å². The number of fused-ring (bicyclic) bond motifs is 7. The fourth-order valence-corrected chi connectivity index (χ4v) is 16.0. The summed E-state index contributed by atoms with van der Waals surface area (Å²) in [6.45, 7) is 15.4. The first-order valence-corrected chi connectivity index (χ1v) is 27.0. The van der Waals surface area contributed by atoms with E-state index in [2.05, 4.69) is 40.7 Å². The lowest BCUT2D eigenvalue weighted by molar-refractivity contribution is -0.393. The highest BCUT2D eigenvalue weighted by Gasteiger charge is 2.71. The molecule has 4 saturated carbocycles. The van der Waals surface area contributed by atoms with Crippen LogP contribution in [0.3, 0.4) is 0 Å². The van der Waals surface area contributed by atoms with E-state index >= 15 is 0 Å². The molecule has 1 aromatic rings. The van der Waals surface area contributed by atoms with E-state index in [-0.39, 0.29) is 29.6 Å². The minimum absolute atomic E-state index is 0.0526. The number of rotatable bonds is 11. The molecule has 1 aromatic carbocycles. The average molecular weight is 1060 g/mol. The van der Waals surface area contributed by atoms with Crippen molar-refractivity contribution in [2.24, 2.45) is 50.2 Å². The predicted octanol–water partition coefficient (Wildman–Crippen LogP) is 2.58. The molecule has 75 heavy (non-hydrogen) atoms. The highest BCUT2D eigenvalue weighted by Crippen LogP contribution is 2.76. The van der Waals surface area contributed by atoms with Crippen molar-refractivity contribution in [3.8, 4) is 0 Å². The molecule has 0 spiro atoms. The molecule has 0 bridgehead atoms. The van der Waals surface area contributed by atoms with Gasteiger partial charge in [-0.15, -0.1) is 0 Å². The number of ether oxygens (including phenoxy) is 7. The SMILES string of the molecule is C[C@H]1O[C@@H](O[C@H]2[C@H](O)[C@@H](O[C@@H]3OC[C@@H](O)[C@H](O)[C@H]3O)[C@H](O[C@H]3[C@H](O)C[C@]4(C)[C@H]5CC=C6[C@@H]7CC(C)(C)[C@H](OC(=O)/C=C/c8ccccc8)C[C@]7(C(=O)O)CC[C@@]6(C)[C@]5(C)CC[C@H]4C3(C)C)O[C@@H]2CO)[C@@H](O)[C@@H](O)[C@@H]1O. The quantitative estimate of drug-likeness (QED) is 0.0659. The van der Waals surface area contributed by atoms with Crippen molar-refractivity contribution in [3.63, 3.8) is 0 Å². The van der Waals surface area contributed by atoms with E-state index in [1.807, 2.05) is 44.2 Å². The van der Waals surface area contributed by atoms with Gasteiger partial charge in [0.15, 0.2) is 18.9 Å². The number of allylic oxidation sites excluding steroid dienone is 2. The zero-order valence-electron chi connectivity index (χ0n) is 44.4. The molecule has 0 amide bonds. The summed E-state index contributed by atoms with van der Waals surface area (Å²) in [6.07, 6.45) is -15.2. The number of hydrogen-bond donors (Lipinski definition) is 10. The molecule has 10 N–H and O–H groups in total. The number of hydrogen-bond acceptors (Lipinski definition) is 18. The third kappa shape index (κ3) is 9.48. The first-order chi connectivity index (χ1) is 35.1. The maximum Gasteiger partial charge on any atom is 0.331 e. The van der Waals surface area contributed by atoms with E-state index in [9.17, 15) is 60.7 Å². The van der Waals surface area contributed by atoms with Gasteiger partial charge < -0.3 is 84.2 Å². The van der Waals surface area contributed by atoms with Crippen LogP contribution in [0.5, 0.6) is 0 Å². The molecular formula is C56H82O19. The second-order valence-electron chi connectivity index (χ2n) is 25.4. The molecule has 3 saturated heterocycles. The Morgan fingerprint density at radius 2 is 1.40 bits per heavy atom. The summed E-state index contributed by atoms with van der Waals surface area (Å²) in [5.41, 5.74) is -1.63. The van der Waals surface area contributed by atoms with E-state index in [1.54, 1.807) is 6.08 Å². The number of aliphatic hydroxyl groups is 9. The number of aliphatic hydroxyl groups excluding tert-OH is 9. The molecular weight excluding hydrogens is 977 g/mol. The van der Waals surface area contributed by atoms with Gasteiger partial charge in [0.2, 0.25) is 0 Å². The van der Waals surface area contributed by atoms with E-state index < -0.39 is 157 Å². The number of carbonyl (C=O) groups excluding carboxylic acids is 1. The van der Waals surface area contributed by atoms with Crippen molar-refractivity contribution < 1.29 is 93.8 Å². The smallest absolute Gasteiger partial charge is 0.331 e. The van der Waals surface area contributed by atoms with E-state index in [4.69, 9.17) is 33.2 Å². The van der Waals surface area contributed by atoms with Gasteiger partial charge in [0.05, 0.1) is 36.9 Å². The monoisotopic (exact) mass is 1060 g/mol. The molecule has 8 aliphatic rings. The predicted molar refractivity (Wildman–Crippen MR) is 265 cm³/mol. The lowest BCUT2D eigenvalue weighted by atomic mass is 9.33. The number of carbonyl (C=O) groups is 2. The van der Waals surface area contributed by atoms with Crippen molar-refractivity contribution in [1.82, 2.24) is 0 Å². The Hall–Kier alpha value is -2.96. The van der Waals surface area contributed by atoms with Crippen LogP contribution in [-0.2, 0) is 42.7 Å². The molecule has 24 atom stereocenters. The Bertz CT molecular complexity index is 2290. The van der Waals surface area contributed by atoms with Gasteiger partial charge in [-0.25, -0.2) is 4.79 Å². The molecule has 7 fully saturated rings. The topological polar surface area (TPSA) is 301 Å². The Balaban J connectivity index is 0.968. The molecule has 3 aliphatic heterocycles. The maximum absolute atomic E-state index is 13.7. The van der Waals surface area contributed by atoms with Gasteiger partial charge in [0, 0.05) is 17.9 Å². The summed E-state index contributed by atoms with van der Waals surface area (Å²) in [4.78, 5) is 27.0. The van der Waals surface area contributed by atoms with Crippen LogP contribution in [0.4, 0.5) is 0 Å². The Morgan fingerprint density at radius 1 is 0.720 bits per heavy atom. The van der Waals surface area contributed by atoms with Gasteiger partial charge in [-0.3, -0.25) is 4.79 Å². The van der Waals surface area contributed by atoms with E-state index in [1.165, 1.54) is 13.0 Å². The number of esters is 1. The average Bonchev–Trinajstić information content (AvgIpc) is 3.37. The zero-order valence-corrected chi connectivity index (χ0v) is 44.4. The van der Waals surface area contributed by atoms with Crippen LogP contribution >= 0.6 is 0 Å². The number of carboxylic acids is 1. The summed E-state index contributed by atoms with van der Waals surface area (Å²) in [5.74, 6) is -1.67. The largest absolute Gasteiger partial charge is 0.481 e. The van der Waals surface area contributed by atoms with Crippen LogP contribution in [0.1, 0.15) is 112 Å². The zero-order chi connectivity index (χ0) is 54.5. The standard InChI is InChI=1S/C56H82O19/c1-27-38(61)40(63)42(65)48(70-27)73-44-33(25-57)71-49(45(43(44)66)74-47-41(64)39(62)32(59)26-69-47)75-46-31(58)23-53(6)34(52(46,4)5)18-19-55(8)35(53)16-15-29-30-22-51(2,3)36(24-56(30,50(67)68)21-20-54(29,55)7)72-37(60)17-14-28-12-10-9-11-13-28/h9-15,17,27,30-36,38-49,57-59,61-66H,16,18-26H2,1-8H3,(H,67,68)/b17-14+/t27-,30+,31-,32-,33-,34+,35-,36-,38-,39+,40+,41-,42+,43+,44-,45-,46+,47+,48+,49+,53+,54-,55-,56-/m1/s1. The Kier molecular flexibility index (Phi) is 15.6. The molecule has 19 heteroatoms. The second-order valence-corrected chi connectivity index (χ2v) is 25.4. The number of carboxylic acid groups (broad SMARTS) is 1. The third-order valence-electron chi connectivity index (χ3n) is 20.5. The van der Waals surface area contributed by atoms with Crippen molar-refractivity contribution in [2.45, 2.75) is 211 Å². The van der Waals surface area contributed by atoms with Crippen LogP contribution in [0.2, 0.25) is 0 Å². The third-order valence-corrected chi connectivity index (χ3v) is 20.5. The van der Waals surface area contributed by atoms with E-state index in [0.29, 0.717) is 32.1 Å². The molecule has 0 radical (unpaired) electrons. The number of benzene rings is 1. The highest BCUT2D eigenvalue weighted by molar-refractivity contribution is 5.87. The highest BCUT2D eigenvalue weighted by atomic mass is 16.8. The second kappa shape index (κ2) is 20.6. The summed E-state index contributed by atoms with van der Waals surface area (Å²) in [5, 5.41) is 110. The molecule has 19 nitrogen and oxygen atoms in total. The van der Waals surface area contributed by atoms with Crippen molar-refractivity contribution >= 4 is 18.0 Å². The molecule has 3 heterocycles. The maximum atomic E-state index is 13.7. The molecule has 0 aromatic heterocycles. The van der Waals surface area contributed by atoms with E-state index in [0.717, 1.165) is 24.0 Å². The van der Waals surface area contributed by atoms with Crippen LogP contribution in [0.25, 0.3) is 6.08 Å². The summed E-state index contributed by atoms with van der Waals surface area (Å²) >= 11 is 0. The minimum atomic E-state index is -1.81. The fraction of sp³-hybridized carbons (Fsp3) is 0.786. The van der Waals surface area contributed by atoms with Crippen molar-refractivity contribution in [1.29, 1.82) is 0 Å². The lowest BCUT2D eigenvalue weighted by Crippen LogP contribution is -2.69. The van der Waals surface area contributed by atoms with Crippen LogP contribution in [0, 0.1) is 50.2 Å². The Morgan fingerprint density at radius 3 is 2.08 bits per heavy atom. The summed E-state index contributed by atoms with van der Waals surface area (Å²) in [6, 6.07) is 9.44. The first kappa shape index (κ1) is 56.7. The van der Waals surface area contributed by atoms with Crippen LogP contribution in [-0.4, -0.2) is 181 Å². The molecule has 420 valence electrons. The number of aliphatic carboxylic acids is 1. The van der Waals surface area contributed by atoms with Gasteiger partial charge in [0.1, 0.15) is 67.1 Å². The Labute approximate surface area is 438 Å². The normalized spacial score (nSPS) is 49.3. The van der Waals surface area contributed by atoms with Gasteiger partial charge in [-0.1, -0.05) is 90.4 Å². The molecule has 5 aliphatic carbocycles. The van der Waals surface area contributed by atoms with Crippen molar-refractivity contribution in [3.05, 3.63) is 53.6 Å². The van der Waals surface area contributed by atoms with Gasteiger partial charge in [-0.2, -0.15) is 0 Å². The van der Waals surface area contributed by atoms with Crippen molar-refractivity contribution in [2.75, 3.05) is 13.2 Å². The lowest BCUT2D eigenvalue weighted by Gasteiger charge is -2.71. The fourth-order valence-electron chi connectivity index (χ4n) is 16.0. The summed E-state index contributed by atoms with van der Waals surface area (Å²) in [7, 11) is 0. The van der Waals surface area contributed by atoms with Crippen LogP contribution in [0.15, 0.2) is 48.1 Å². The first-order valence-electron chi connectivity index (χ1n) is 27.0. The van der Waals surface area contributed by atoms with Crippen LogP contribution < -0.4 is 0 Å². The molecule has 0 unspecified atom stereocenters.